The molecule has 0 aliphatic heterocycles. The second kappa shape index (κ2) is 7.03. The van der Waals surface area contributed by atoms with Crippen LogP contribution in [-0.4, -0.2) is 37.3 Å². The van der Waals surface area contributed by atoms with Gasteiger partial charge in [-0.3, -0.25) is 14.9 Å². The van der Waals surface area contributed by atoms with Gasteiger partial charge in [-0.25, -0.2) is 8.42 Å². The fourth-order valence-corrected chi connectivity index (χ4v) is 2.44. The second-order valence-electron chi connectivity index (χ2n) is 4.96. The molecule has 1 amide bonds. The van der Waals surface area contributed by atoms with Gasteiger partial charge >= 0.3 is 5.51 Å². The Balaban J connectivity index is 3.14. The van der Waals surface area contributed by atoms with Gasteiger partial charge in [0.1, 0.15) is 5.69 Å². The summed E-state index contributed by atoms with van der Waals surface area (Å²) in [5.41, 5.74) is -6.75. The van der Waals surface area contributed by atoms with Gasteiger partial charge in [-0.05, 0) is 26.0 Å². The van der Waals surface area contributed by atoms with Crippen LogP contribution < -0.4 is 10.6 Å². The molecule has 1 aromatic rings. The lowest BCUT2D eigenvalue weighted by Gasteiger charge is -2.12. The highest BCUT2D eigenvalue weighted by molar-refractivity contribution is 7.92. The Labute approximate surface area is 135 Å². The summed E-state index contributed by atoms with van der Waals surface area (Å²) in [4.78, 5) is 20.1. The smallest absolute Gasteiger partial charge is 0.371 e. The number of halogens is 3. The molecule has 0 spiro atoms. The Kier molecular flexibility index (Phi) is 5.76. The summed E-state index contributed by atoms with van der Waals surface area (Å²) in [6, 6.07) is 1.51. The van der Waals surface area contributed by atoms with Crippen molar-refractivity contribution in [1.82, 2.24) is 5.32 Å². The molecule has 1 aromatic carbocycles. The summed E-state index contributed by atoms with van der Waals surface area (Å²) in [7, 11) is -5.71. The van der Waals surface area contributed by atoms with E-state index >= 15 is 0 Å². The molecule has 0 bridgehead atoms. The molecule has 0 saturated heterocycles. The van der Waals surface area contributed by atoms with E-state index in [1.54, 1.807) is 13.8 Å². The summed E-state index contributed by atoms with van der Waals surface area (Å²) in [6.07, 6.45) is 0. The van der Waals surface area contributed by atoms with E-state index in [0.29, 0.717) is 12.1 Å². The van der Waals surface area contributed by atoms with Crippen LogP contribution in [0.3, 0.4) is 0 Å². The lowest BCUT2D eigenvalue weighted by atomic mass is 10.2. The fraction of sp³-hybridized carbons (Fsp3) is 0.417. The van der Waals surface area contributed by atoms with Gasteiger partial charge < -0.3 is 10.6 Å². The standard InChI is InChI=1S/C12H14F3N3O5S/c1-7(2)17-11(19)6-16-9-4-3-8(5-10(9)18(20)21)24(22,23)12(13,14)15/h3-5,7,16H,6H2,1-2H3,(H,17,19). The molecule has 0 fully saturated rings. The Morgan fingerprint density at radius 2 is 1.92 bits per heavy atom. The van der Waals surface area contributed by atoms with Gasteiger partial charge in [0, 0.05) is 12.1 Å². The van der Waals surface area contributed by atoms with Crippen LogP contribution in [0.1, 0.15) is 13.8 Å². The zero-order valence-corrected chi connectivity index (χ0v) is 13.4. The first-order valence-electron chi connectivity index (χ1n) is 6.49. The number of hydrogen-bond donors (Lipinski definition) is 2. The van der Waals surface area contributed by atoms with Gasteiger partial charge in [0.05, 0.1) is 16.4 Å². The van der Waals surface area contributed by atoms with Crippen molar-refractivity contribution in [2.45, 2.75) is 30.3 Å². The number of nitro groups is 1. The van der Waals surface area contributed by atoms with E-state index in [1.165, 1.54) is 0 Å². The van der Waals surface area contributed by atoms with E-state index in [4.69, 9.17) is 0 Å². The minimum absolute atomic E-state index is 0.173. The number of anilines is 1. The number of nitrogens with zero attached hydrogens (tertiary/aromatic N) is 1. The van der Waals surface area contributed by atoms with Crippen LogP contribution >= 0.6 is 0 Å². The minimum atomic E-state index is -5.71. The molecule has 0 aliphatic rings. The number of benzene rings is 1. The Bertz CT molecular complexity index is 747. The van der Waals surface area contributed by atoms with Crippen molar-refractivity contribution in [3.8, 4) is 0 Å². The maximum atomic E-state index is 12.5. The molecule has 0 unspecified atom stereocenters. The quantitative estimate of drug-likeness (QED) is 0.583. The lowest BCUT2D eigenvalue weighted by Crippen LogP contribution is -2.34. The normalized spacial score (nSPS) is 12.1. The summed E-state index contributed by atoms with van der Waals surface area (Å²) >= 11 is 0. The molecule has 0 radical (unpaired) electrons. The first-order valence-corrected chi connectivity index (χ1v) is 7.97. The van der Waals surface area contributed by atoms with Crippen molar-refractivity contribution in [3.63, 3.8) is 0 Å². The van der Waals surface area contributed by atoms with E-state index in [-0.39, 0.29) is 18.3 Å². The number of amides is 1. The van der Waals surface area contributed by atoms with E-state index in [2.05, 4.69) is 10.6 Å². The third-order valence-corrected chi connectivity index (χ3v) is 4.15. The number of carbonyl (C=O) groups is 1. The van der Waals surface area contributed by atoms with Crippen LogP contribution in [0.15, 0.2) is 23.1 Å². The fourth-order valence-electron chi connectivity index (χ4n) is 1.66. The van der Waals surface area contributed by atoms with Gasteiger partial charge in [-0.15, -0.1) is 0 Å². The summed E-state index contributed by atoms with van der Waals surface area (Å²) < 4.78 is 60.1. The lowest BCUT2D eigenvalue weighted by molar-refractivity contribution is -0.384. The number of alkyl halides is 3. The molecule has 0 aromatic heterocycles. The Hall–Kier alpha value is -2.37. The monoisotopic (exact) mass is 369 g/mol. The third-order valence-electron chi connectivity index (χ3n) is 2.67. The van der Waals surface area contributed by atoms with Crippen LogP contribution in [-0.2, 0) is 14.6 Å². The van der Waals surface area contributed by atoms with Crippen molar-refractivity contribution < 1.29 is 31.3 Å². The first kappa shape index (κ1) is 19.7. The molecule has 2 N–H and O–H groups in total. The first-order chi connectivity index (χ1) is 10.9. The average Bonchev–Trinajstić information content (AvgIpc) is 2.42. The largest absolute Gasteiger partial charge is 0.501 e. The van der Waals surface area contributed by atoms with E-state index in [0.717, 1.165) is 6.07 Å². The van der Waals surface area contributed by atoms with Gasteiger partial charge in [0.15, 0.2) is 0 Å². The van der Waals surface area contributed by atoms with Crippen molar-refractivity contribution in [2.24, 2.45) is 0 Å². The van der Waals surface area contributed by atoms with Gasteiger partial charge in [0.25, 0.3) is 15.5 Å². The molecule has 0 saturated carbocycles. The third kappa shape index (κ3) is 4.57. The number of rotatable bonds is 6. The molecule has 0 aliphatic carbocycles. The Morgan fingerprint density at radius 3 is 2.38 bits per heavy atom. The maximum Gasteiger partial charge on any atom is 0.501 e. The summed E-state index contributed by atoms with van der Waals surface area (Å²) in [5.74, 6) is -0.494. The van der Waals surface area contributed by atoms with Gasteiger partial charge in [-0.2, -0.15) is 13.2 Å². The van der Waals surface area contributed by atoms with Crippen molar-refractivity contribution >= 4 is 27.1 Å². The molecule has 134 valence electrons. The number of sulfone groups is 1. The number of hydrogen-bond acceptors (Lipinski definition) is 6. The van der Waals surface area contributed by atoms with Crippen LogP contribution in [0.4, 0.5) is 24.5 Å². The highest BCUT2D eigenvalue weighted by atomic mass is 32.2. The second-order valence-corrected chi connectivity index (χ2v) is 6.90. The van der Waals surface area contributed by atoms with E-state index in [9.17, 15) is 36.5 Å². The van der Waals surface area contributed by atoms with Crippen molar-refractivity contribution in [3.05, 3.63) is 28.3 Å². The molecular formula is C12H14F3N3O5S. The van der Waals surface area contributed by atoms with Crippen LogP contribution in [0.2, 0.25) is 0 Å². The number of nitrogens with one attached hydrogen (secondary N) is 2. The predicted molar refractivity (Wildman–Crippen MR) is 78.1 cm³/mol. The topological polar surface area (TPSA) is 118 Å². The summed E-state index contributed by atoms with van der Waals surface area (Å²) in [6.45, 7) is 3.01. The number of carbonyl (C=O) groups excluding carboxylic acids is 1. The highest BCUT2D eigenvalue weighted by Gasteiger charge is 2.47. The Morgan fingerprint density at radius 1 is 1.33 bits per heavy atom. The van der Waals surface area contributed by atoms with Crippen LogP contribution in [0.25, 0.3) is 0 Å². The molecule has 12 heteroatoms. The van der Waals surface area contributed by atoms with E-state index in [1.807, 2.05) is 0 Å². The van der Waals surface area contributed by atoms with Crippen LogP contribution in [0.5, 0.6) is 0 Å². The molecule has 8 nitrogen and oxygen atoms in total. The molecule has 0 heterocycles. The highest BCUT2D eigenvalue weighted by Crippen LogP contribution is 2.34. The SMILES string of the molecule is CC(C)NC(=O)CNc1ccc(S(=O)(=O)C(F)(F)F)cc1[N+](=O)[O-]. The zero-order chi connectivity index (χ0) is 18.7. The predicted octanol–water partition coefficient (Wildman–Crippen LogP) is 1.82. The van der Waals surface area contributed by atoms with Crippen molar-refractivity contribution in [1.29, 1.82) is 0 Å². The zero-order valence-electron chi connectivity index (χ0n) is 12.5. The molecular weight excluding hydrogens is 355 g/mol. The van der Waals surface area contributed by atoms with Crippen LogP contribution in [0, 0.1) is 10.1 Å². The molecule has 1 rings (SSSR count). The average molecular weight is 369 g/mol. The minimum Gasteiger partial charge on any atom is -0.371 e. The maximum absolute atomic E-state index is 12.5. The molecule has 24 heavy (non-hydrogen) atoms. The van der Waals surface area contributed by atoms with Gasteiger partial charge in [0.2, 0.25) is 5.91 Å². The van der Waals surface area contributed by atoms with E-state index < -0.39 is 36.8 Å². The summed E-state index contributed by atoms with van der Waals surface area (Å²) in [5, 5.41) is 15.9. The number of nitro benzene ring substituents is 1. The van der Waals surface area contributed by atoms with Crippen molar-refractivity contribution in [2.75, 3.05) is 11.9 Å². The van der Waals surface area contributed by atoms with Gasteiger partial charge in [-0.1, -0.05) is 0 Å². The molecule has 0 atom stereocenters.